The first-order chi connectivity index (χ1) is 11.9. The van der Waals surface area contributed by atoms with Crippen LogP contribution in [0.25, 0.3) is 0 Å². The summed E-state index contributed by atoms with van der Waals surface area (Å²) in [5, 5.41) is 6.56. The highest BCUT2D eigenvalue weighted by Crippen LogP contribution is 2.69. The summed E-state index contributed by atoms with van der Waals surface area (Å²) in [6.45, 7) is 5.04. The molecule has 1 atom stereocenters. The Hall–Kier alpha value is 0.220. The van der Waals surface area contributed by atoms with Gasteiger partial charge in [0, 0.05) is 6.04 Å². The zero-order valence-electron chi connectivity index (χ0n) is 16.2. The molecule has 5 N–H and O–H groups in total. The Morgan fingerprint density at radius 2 is 1.35 bits per heavy atom. The van der Waals surface area contributed by atoms with Crippen LogP contribution in [0.1, 0.15) is 78.1 Å². The number of hydrogen-bond acceptors (Lipinski definition) is 4. The van der Waals surface area contributed by atoms with Gasteiger partial charge >= 0.3 is 15.2 Å². The van der Waals surface area contributed by atoms with Gasteiger partial charge in [-0.1, -0.05) is 45.4 Å². The van der Waals surface area contributed by atoms with Gasteiger partial charge in [-0.2, -0.15) is 0 Å². The highest BCUT2D eigenvalue weighted by atomic mass is 31.2. The number of unbranched alkanes of at least 4 members (excludes halogenated alkanes) is 6. The van der Waals surface area contributed by atoms with E-state index in [9.17, 15) is 14.2 Å². The van der Waals surface area contributed by atoms with Gasteiger partial charge in [-0.25, -0.2) is 0 Å². The molecule has 10 heteroatoms. The third-order valence-electron chi connectivity index (χ3n) is 4.93. The molecule has 0 aromatic heterocycles. The van der Waals surface area contributed by atoms with Crippen LogP contribution in [0, 0.1) is 0 Å². The third-order valence-corrected chi connectivity index (χ3v) is 8.81. The minimum absolute atomic E-state index is 0.0906. The van der Waals surface area contributed by atoms with Crippen molar-refractivity contribution in [1.29, 1.82) is 0 Å². The van der Waals surface area contributed by atoms with Crippen molar-refractivity contribution in [2.75, 3.05) is 13.6 Å². The summed E-state index contributed by atoms with van der Waals surface area (Å²) in [5.41, 5.74) is 0. The fraction of sp³-hybridized carbons (Fsp3) is 1.00. The average Bonchev–Trinajstić information content (AvgIpc) is 2.51. The Morgan fingerprint density at radius 3 is 1.81 bits per heavy atom. The number of rotatable bonds is 15. The van der Waals surface area contributed by atoms with E-state index >= 15 is 0 Å². The van der Waals surface area contributed by atoms with Crippen molar-refractivity contribution in [3.05, 3.63) is 0 Å². The van der Waals surface area contributed by atoms with Gasteiger partial charge in [0.15, 0.2) is 0 Å². The molecule has 0 rings (SSSR count). The summed E-state index contributed by atoms with van der Waals surface area (Å²) in [6.07, 6.45) is 8.47. The molecule has 0 spiro atoms. The van der Waals surface area contributed by atoms with E-state index in [1.54, 1.807) is 0 Å². The number of hydrogen-bond donors (Lipinski definition) is 5. The topological polar surface area (TPSA) is 139 Å². The minimum atomic E-state index is -5.35. The molecule has 0 aliphatic rings. The lowest BCUT2D eigenvalue weighted by molar-refractivity contribution is 0.117. The third kappa shape index (κ3) is 8.94. The van der Waals surface area contributed by atoms with Crippen LogP contribution in [-0.2, 0) is 9.13 Å². The van der Waals surface area contributed by atoms with E-state index in [0.29, 0.717) is 6.42 Å². The smallest absolute Gasteiger partial charge is 0.368 e. The fourth-order valence-electron chi connectivity index (χ4n) is 2.85. The van der Waals surface area contributed by atoms with Crippen LogP contribution in [-0.4, -0.2) is 54.3 Å². The monoisotopic (exact) mass is 417 g/mol. The van der Waals surface area contributed by atoms with E-state index in [0.717, 1.165) is 19.4 Å². The van der Waals surface area contributed by atoms with Gasteiger partial charge in [0.1, 0.15) is 0 Å². The molecule has 0 saturated heterocycles. The molecule has 0 saturated carbocycles. The molecule has 1 unspecified atom stereocenters. The predicted molar refractivity (Wildman–Crippen MR) is 103 cm³/mol. The van der Waals surface area contributed by atoms with E-state index in [4.69, 9.17) is 19.6 Å². The number of nitrogens with zero attached hydrogens (tertiary/aromatic N) is 1. The second-order valence-corrected chi connectivity index (χ2v) is 11.2. The SMILES string of the molecule is CCCCCCCCCN(C)C(C)CCCC(O)(P(=O)(O)O)P(=O)(O)O. The molecule has 26 heavy (non-hydrogen) atoms. The minimum Gasteiger partial charge on any atom is -0.368 e. The van der Waals surface area contributed by atoms with E-state index in [-0.39, 0.29) is 12.5 Å². The molecule has 0 heterocycles. The molecule has 158 valence electrons. The number of aliphatic hydroxyl groups is 1. The summed E-state index contributed by atoms with van der Waals surface area (Å²) in [4.78, 5) is 38.6. The fourth-order valence-corrected chi connectivity index (χ4v) is 5.11. The predicted octanol–water partition coefficient (Wildman–Crippen LogP) is 3.23. The maximum absolute atomic E-state index is 11.3. The summed E-state index contributed by atoms with van der Waals surface area (Å²) in [5.74, 6) is 0. The van der Waals surface area contributed by atoms with E-state index in [2.05, 4.69) is 11.8 Å². The zero-order valence-corrected chi connectivity index (χ0v) is 18.0. The lowest BCUT2D eigenvalue weighted by Crippen LogP contribution is -2.32. The van der Waals surface area contributed by atoms with Crippen LogP contribution in [0.3, 0.4) is 0 Å². The van der Waals surface area contributed by atoms with E-state index in [1.165, 1.54) is 32.1 Å². The van der Waals surface area contributed by atoms with Gasteiger partial charge in [0.05, 0.1) is 0 Å². The maximum atomic E-state index is 11.3. The summed E-state index contributed by atoms with van der Waals surface area (Å²) < 4.78 is 22.6. The molecule has 0 aromatic carbocycles. The van der Waals surface area contributed by atoms with Crippen molar-refractivity contribution in [2.24, 2.45) is 0 Å². The Balaban J connectivity index is 4.21. The van der Waals surface area contributed by atoms with Crippen molar-refractivity contribution in [1.82, 2.24) is 4.90 Å². The van der Waals surface area contributed by atoms with Gasteiger partial charge in [-0.05, 0) is 46.2 Å². The first-order valence-electron chi connectivity index (χ1n) is 9.40. The van der Waals surface area contributed by atoms with Crippen LogP contribution in [0.4, 0.5) is 0 Å². The van der Waals surface area contributed by atoms with Crippen LogP contribution in [0.5, 0.6) is 0 Å². The molecule has 0 aliphatic carbocycles. The zero-order chi connectivity index (χ0) is 20.4. The molecule has 0 aromatic rings. The second-order valence-electron chi connectivity index (χ2n) is 7.21. The quantitative estimate of drug-likeness (QED) is 0.202. The Labute approximate surface area is 157 Å². The Kier molecular flexibility index (Phi) is 12.0. The highest BCUT2D eigenvalue weighted by molar-refractivity contribution is 7.72. The van der Waals surface area contributed by atoms with Gasteiger partial charge < -0.3 is 29.6 Å². The van der Waals surface area contributed by atoms with Crippen molar-refractivity contribution in [3.8, 4) is 0 Å². The molecule has 0 aliphatic heterocycles. The molecule has 0 amide bonds. The van der Waals surface area contributed by atoms with Crippen LogP contribution in [0.15, 0.2) is 0 Å². The largest absolute Gasteiger partial charge is 0.369 e. The molecule has 0 bridgehead atoms. The molecular formula is C16H37NO7P2. The van der Waals surface area contributed by atoms with Gasteiger partial charge in [-0.3, -0.25) is 9.13 Å². The molecule has 0 radical (unpaired) electrons. The molecular weight excluding hydrogens is 380 g/mol. The van der Waals surface area contributed by atoms with Crippen molar-refractivity contribution in [2.45, 2.75) is 89.2 Å². The summed E-state index contributed by atoms with van der Waals surface area (Å²) in [6, 6.07) is 0.0906. The van der Waals surface area contributed by atoms with E-state index < -0.39 is 26.7 Å². The Bertz CT molecular complexity index is 455. The standard InChI is InChI=1S/C16H37NO7P2/c1-4-5-6-7-8-9-10-14-17(3)15(2)12-11-13-16(18,25(19,20)21)26(22,23)24/h15,18H,4-14H2,1-3H3,(H2,19,20,21)(H2,22,23,24). The first-order valence-corrected chi connectivity index (χ1v) is 12.6. The Morgan fingerprint density at radius 1 is 0.885 bits per heavy atom. The molecule has 8 nitrogen and oxygen atoms in total. The summed E-state index contributed by atoms with van der Waals surface area (Å²) >= 11 is 0. The second kappa shape index (κ2) is 11.9. The van der Waals surface area contributed by atoms with Gasteiger partial charge in [0.2, 0.25) is 0 Å². The normalized spacial score (nSPS) is 14.8. The van der Waals surface area contributed by atoms with Gasteiger partial charge in [-0.15, -0.1) is 0 Å². The van der Waals surface area contributed by atoms with Crippen LogP contribution < -0.4 is 0 Å². The summed E-state index contributed by atoms with van der Waals surface area (Å²) in [7, 11) is -8.74. The average molecular weight is 417 g/mol. The lowest BCUT2D eigenvalue weighted by atomic mass is 10.1. The van der Waals surface area contributed by atoms with Gasteiger partial charge in [0.25, 0.3) is 5.08 Å². The van der Waals surface area contributed by atoms with E-state index in [1.807, 2.05) is 14.0 Å². The molecule has 0 fully saturated rings. The van der Waals surface area contributed by atoms with Crippen LogP contribution in [0.2, 0.25) is 0 Å². The maximum Gasteiger partial charge on any atom is 0.369 e. The highest BCUT2D eigenvalue weighted by Gasteiger charge is 2.58. The van der Waals surface area contributed by atoms with Crippen molar-refractivity contribution < 1.29 is 33.8 Å². The van der Waals surface area contributed by atoms with Crippen molar-refractivity contribution in [3.63, 3.8) is 0 Å². The first kappa shape index (κ1) is 26.2. The van der Waals surface area contributed by atoms with Crippen molar-refractivity contribution >= 4 is 15.2 Å². The van der Waals surface area contributed by atoms with Crippen LogP contribution >= 0.6 is 15.2 Å². The lowest BCUT2D eigenvalue weighted by Gasteiger charge is -2.30.